The Morgan fingerprint density at radius 1 is 1.02 bits per heavy atom. The second kappa shape index (κ2) is 10.9. The molecule has 0 aromatic carbocycles. The van der Waals surface area contributed by atoms with E-state index >= 15 is 0 Å². The van der Waals surface area contributed by atoms with Gasteiger partial charge in [0.25, 0.3) is 5.91 Å². The third-order valence-corrected chi connectivity index (χ3v) is 8.10. The third kappa shape index (κ3) is 5.95. The van der Waals surface area contributed by atoms with Crippen LogP contribution in [-0.2, 0) is 16.4 Å². The summed E-state index contributed by atoms with van der Waals surface area (Å²) in [6.45, 7) is 7.37. The van der Waals surface area contributed by atoms with Crippen LogP contribution in [0.3, 0.4) is 0 Å². The molecule has 40 heavy (non-hydrogen) atoms. The molecule has 208 valence electrons. The van der Waals surface area contributed by atoms with Crippen molar-refractivity contribution < 1.29 is 18.3 Å². The van der Waals surface area contributed by atoms with Crippen LogP contribution in [0.2, 0.25) is 0 Å². The highest BCUT2D eigenvalue weighted by molar-refractivity contribution is 7.90. The molecule has 1 unspecified atom stereocenters. The summed E-state index contributed by atoms with van der Waals surface area (Å²) in [5.41, 5.74) is 3.43. The van der Waals surface area contributed by atoms with Gasteiger partial charge in [0.2, 0.25) is 0 Å². The van der Waals surface area contributed by atoms with E-state index in [4.69, 9.17) is 9.97 Å². The van der Waals surface area contributed by atoms with Gasteiger partial charge in [0.15, 0.2) is 14.9 Å². The Balaban J connectivity index is 1.34. The highest BCUT2D eigenvalue weighted by atomic mass is 32.2. The fourth-order valence-electron chi connectivity index (χ4n) is 5.01. The highest BCUT2D eigenvalue weighted by Crippen LogP contribution is 2.28. The summed E-state index contributed by atoms with van der Waals surface area (Å²) in [5, 5.41) is 13.8. The molecule has 1 amide bonds. The minimum atomic E-state index is -3.55. The normalized spacial score (nSPS) is 19.5. The van der Waals surface area contributed by atoms with Gasteiger partial charge in [-0.25, -0.2) is 23.4 Å². The molecular formula is C29H32N6O4S. The maximum absolute atomic E-state index is 12.8. The number of carbonyl (C=O) groups is 1. The topological polar surface area (TPSA) is 138 Å². The predicted molar refractivity (Wildman–Crippen MR) is 153 cm³/mol. The average molecular weight is 561 g/mol. The van der Waals surface area contributed by atoms with Gasteiger partial charge >= 0.3 is 0 Å². The van der Waals surface area contributed by atoms with E-state index < -0.39 is 15.7 Å². The SMILES string of the molecule is Cc1cc(C(=O)NCc2cc3nc(-c4cccc(N5C[C@@H](C)C(O)[C@@H](C)C5)n4)ccc3cn2)cc(S(C)(=O)=O)n1. The van der Waals surface area contributed by atoms with Gasteiger partial charge in [0.1, 0.15) is 5.82 Å². The number of piperidine rings is 1. The number of carbonyl (C=O) groups excluding carboxylic acids is 1. The first-order valence-electron chi connectivity index (χ1n) is 13.1. The number of fused-ring (bicyclic) bond motifs is 1. The predicted octanol–water partition coefficient (Wildman–Crippen LogP) is 3.18. The van der Waals surface area contributed by atoms with Crippen LogP contribution >= 0.6 is 0 Å². The van der Waals surface area contributed by atoms with Crippen LogP contribution in [0, 0.1) is 18.8 Å². The average Bonchev–Trinajstić information content (AvgIpc) is 2.93. The van der Waals surface area contributed by atoms with Crippen LogP contribution < -0.4 is 10.2 Å². The first-order chi connectivity index (χ1) is 19.0. The number of aryl methyl sites for hydroxylation is 1. The van der Waals surface area contributed by atoms with Crippen molar-refractivity contribution in [2.75, 3.05) is 24.2 Å². The maximum atomic E-state index is 12.8. The molecule has 0 spiro atoms. The summed E-state index contributed by atoms with van der Waals surface area (Å²) in [7, 11) is -3.55. The number of nitrogens with zero attached hydrogens (tertiary/aromatic N) is 5. The molecule has 0 radical (unpaired) electrons. The van der Waals surface area contributed by atoms with Crippen molar-refractivity contribution in [3.63, 3.8) is 0 Å². The molecule has 1 aliphatic heterocycles. The Kier molecular flexibility index (Phi) is 7.52. The van der Waals surface area contributed by atoms with Crippen LogP contribution in [-0.4, -0.2) is 64.8 Å². The molecule has 1 saturated heterocycles. The highest BCUT2D eigenvalue weighted by Gasteiger charge is 2.31. The molecule has 11 heteroatoms. The number of aliphatic hydroxyl groups is 1. The molecule has 1 aliphatic rings. The zero-order valence-electron chi connectivity index (χ0n) is 22.9. The fraction of sp³-hybridized carbons (Fsp3) is 0.345. The van der Waals surface area contributed by atoms with E-state index in [1.807, 2.05) is 36.4 Å². The number of aliphatic hydroxyl groups excluding tert-OH is 1. The lowest BCUT2D eigenvalue weighted by Crippen LogP contribution is -2.47. The number of aromatic nitrogens is 4. The van der Waals surface area contributed by atoms with Crippen molar-refractivity contribution in [3.05, 3.63) is 71.7 Å². The number of hydrogen-bond donors (Lipinski definition) is 2. The minimum Gasteiger partial charge on any atom is -0.392 e. The van der Waals surface area contributed by atoms with Crippen molar-refractivity contribution in [2.45, 2.75) is 38.4 Å². The zero-order valence-corrected chi connectivity index (χ0v) is 23.7. The lowest BCUT2D eigenvalue weighted by Gasteiger charge is -2.39. The van der Waals surface area contributed by atoms with Crippen LogP contribution in [0.1, 0.15) is 35.6 Å². The quantitative estimate of drug-likeness (QED) is 0.364. The number of rotatable bonds is 6. The van der Waals surface area contributed by atoms with Gasteiger partial charge in [-0.3, -0.25) is 9.78 Å². The van der Waals surface area contributed by atoms with E-state index in [9.17, 15) is 18.3 Å². The van der Waals surface area contributed by atoms with Gasteiger partial charge in [0.05, 0.1) is 35.2 Å². The van der Waals surface area contributed by atoms with Crippen molar-refractivity contribution in [3.8, 4) is 11.4 Å². The van der Waals surface area contributed by atoms with Crippen LogP contribution in [0.25, 0.3) is 22.3 Å². The molecule has 3 atom stereocenters. The molecule has 5 rings (SSSR count). The first-order valence-corrected chi connectivity index (χ1v) is 15.0. The standard InChI is InChI=1S/C29H32N6O4S/c1-17-15-35(16-18(2)28(17)36)26-7-5-6-23(34-26)24-9-8-20-13-30-22(12-25(20)33-24)14-31-29(37)21-10-19(3)32-27(11-21)40(4,38)39/h5-13,17-18,28,36H,14-16H2,1-4H3,(H,31,37)/t17-,18+,28?. The summed E-state index contributed by atoms with van der Waals surface area (Å²) in [5.74, 6) is 0.745. The number of amides is 1. The molecule has 0 saturated carbocycles. The number of nitrogens with one attached hydrogen (secondary N) is 1. The molecular weight excluding hydrogens is 528 g/mol. The number of hydrogen-bond acceptors (Lipinski definition) is 9. The van der Waals surface area contributed by atoms with Crippen molar-refractivity contribution in [2.24, 2.45) is 11.8 Å². The van der Waals surface area contributed by atoms with Crippen LogP contribution in [0.15, 0.2) is 59.8 Å². The van der Waals surface area contributed by atoms with E-state index in [1.54, 1.807) is 19.2 Å². The lowest BCUT2D eigenvalue weighted by molar-refractivity contribution is 0.0527. The summed E-state index contributed by atoms with van der Waals surface area (Å²) in [6.07, 6.45) is 2.45. The van der Waals surface area contributed by atoms with Gasteiger partial charge in [0, 0.05) is 42.2 Å². The third-order valence-electron chi connectivity index (χ3n) is 7.14. The summed E-state index contributed by atoms with van der Waals surface area (Å²) in [4.78, 5) is 33.1. The Morgan fingerprint density at radius 3 is 2.48 bits per heavy atom. The molecule has 1 fully saturated rings. The second-order valence-electron chi connectivity index (χ2n) is 10.6. The van der Waals surface area contributed by atoms with Gasteiger partial charge in [-0.2, -0.15) is 0 Å². The first kappa shape index (κ1) is 27.6. The van der Waals surface area contributed by atoms with Gasteiger partial charge in [-0.1, -0.05) is 19.9 Å². The summed E-state index contributed by atoms with van der Waals surface area (Å²) < 4.78 is 23.8. The molecule has 4 aromatic rings. The minimum absolute atomic E-state index is 0.140. The summed E-state index contributed by atoms with van der Waals surface area (Å²) in [6, 6.07) is 14.4. The number of anilines is 1. The summed E-state index contributed by atoms with van der Waals surface area (Å²) >= 11 is 0. The van der Waals surface area contributed by atoms with E-state index in [2.05, 4.69) is 34.0 Å². The Morgan fingerprint density at radius 2 is 1.75 bits per heavy atom. The van der Waals surface area contributed by atoms with Crippen LogP contribution in [0.4, 0.5) is 5.82 Å². The zero-order chi connectivity index (χ0) is 28.6. The smallest absolute Gasteiger partial charge is 0.251 e. The van der Waals surface area contributed by atoms with E-state index in [-0.39, 0.29) is 35.1 Å². The molecule has 0 aliphatic carbocycles. The Labute approximate surface area is 233 Å². The van der Waals surface area contributed by atoms with E-state index in [1.165, 1.54) is 6.07 Å². The van der Waals surface area contributed by atoms with Gasteiger partial charge in [-0.05, 0) is 61.2 Å². The molecule has 0 bridgehead atoms. The lowest BCUT2D eigenvalue weighted by atomic mass is 9.88. The molecule has 10 nitrogen and oxygen atoms in total. The monoisotopic (exact) mass is 560 g/mol. The van der Waals surface area contributed by atoms with E-state index in [0.29, 0.717) is 22.6 Å². The van der Waals surface area contributed by atoms with E-state index in [0.717, 1.165) is 36.2 Å². The largest absolute Gasteiger partial charge is 0.392 e. The van der Waals surface area contributed by atoms with Crippen molar-refractivity contribution in [1.29, 1.82) is 0 Å². The van der Waals surface area contributed by atoms with Gasteiger partial charge in [-0.15, -0.1) is 0 Å². The maximum Gasteiger partial charge on any atom is 0.251 e. The van der Waals surface area contributed by atoms with Crippen LogP contribution in [0.5, 0.6) is 0 Å². The number of pyridine rings is 4. The molecule has 2 N–H and O–H groups in total. The Bertz CT molecular complexity index is 1680. The molecule has 4 aromatic heterocycles. The van der Waals surface area contributed by atoms with Crippen molar-refractivity contribution in [1.82, 2.24) is 25.3 Å². The van der Waals surface area contributed by atoms with Gasteiger partial charge < -0.3 is 15.3 Å². The Hall–Kier alpha value is -3.96. The fourth-order valence-corrected chi connectivity index (χ4v) is 5.66. The van der Waals surface area contributed by atoms with Crippen molar-refractivity contribution >= 4 is 32.5 Å². The molecule has 5 heterocycles. The number of sulfone groups is 1. The second-order valence-corrected chi connectivity index (χ2v) is 12.5.